The van der Waals surface area contributed by atoms with Crippen molar-refractivity contribution >= 4 is 0 Å². The maximum atomic E-state index is 8.67. The van der Waals surface area contributed by atoms with E-state index in [1.54, 1.807) is 0 Å². The summed E-state index contributed by atoms with van der Waals surface area (Å²) in [6, 6.07) is 5.86. The molecular weight excluding hydrogens is 150 g/mol. The molecule has 0 aromatic carbocycles. The zero-order valence-corrected chi connectivity index (χ0v) is 7.25. The molecule has 1 N–H and O–H groups in total. The summed E-state index contributed by atoms with van der Waals surface area (Å²) >= 11 is 0. The lowest BCUT2D eigenvalue weighted by molar-refractivity contribution is 0.612. The van der Waals surface area contributed by atoms with E-state index in [1.807, 2.05) is 22.9 Å². The van der Waals surface area contributed by atoms with Crippen molar-refractivity contribution in [3.8, 4) is 6.07 Å². The average molecular weight is 163 g/mol. The highest BCUT2D eigenvalue weighted by Crippen LogP contribution is 1.98. The highest BCUT2D eigenvalue weighted by atomic mass is 15.0. The number of hydrogen-bond donors (Lipinski definition) is 1. The molecule has 0 aliphatic carbocycles. The van der Waals surface area contributed by atoms with Gasteiger partial charge in [0.15, 0.2) is 0 Å². The molecule has 1 aromatic heterocycles. The molecule has 1 aromatic rings. The lowest BCUT2D eigenvalue weighted by atomic mass is 10.4. The normalized spacial score (nSPS) is 9.67. The number of hydrogen-bond acceptors (Lipinski definition) is 2. The van der Waals surface area contributed by atoms with Gasteiger partial charge in [0.25, 0.3) is 0 Å². The summed E-state index contributed by atoms with van der Waals surface area (Å²) < 4.78 is 1.95. The second-order valence-corrected chi connectivity index (χ2v) is 2.55. The van der Waals surface area contributed by atoms with Crippen molar-refractivity contribution in [3.05, 3.63) is 24.0 Å². The minimum Gasteiger partial charge on any atom is -0.338 e. The van der Waals surface area contributed by atoms with Gasteiger partial charge in [0, 0.05) is 19.3 Å². The number of rotatable bonds is 4. The molecule has 0 fully saturated rings. The summed E-state index contributed by atoms with van der Waals surface area (Å²) in [5.74, 6) is 0. The minimum absolute atomic E-state index is 0.730. The van der Waals surface area contributed by atoms with Crippen LogP contribution >= 0.6 is 0 Å². The maximum Gasteiger partial charge on any atom is 0.120 e. The van der Waals surface area contributed by atoms with E-state index >= 15 is 0 Å². The third kappa shape index (κ3) is 2.11. The molecule has 0 aliphatic heterocycles. The Balaban J connectivity index is 2.46. The van der Waals surface area contributed by atoms with Crippen LogP contribution in [0.3, 0.4) is 0 Å². The Kier molecular flexibility index (Phi) is 3.36. The third-order valence-corrected chi connectivity index (χ3v) is 1.72. The van der Waals surface area contributed by atoms with E-state index in [-0.39, 0.29) is 0 Å². The van der Waals surface area contributed by atoms with Crippen LogP contribution in [0.25, 0.3) is 0 Å². The number of nitrogens with one attached hydrogen (secondary N) is 1. The van der Waals surface area contributed by atoms with Gasteiger partial charge >= 0.3 is 0 Å². The molecule has 64 valence electrons. The van der Waals surface area contributed by atoms with Crippen LogP contribution in [-0.4, -0.2) is 17.7 Å². The van der Waals surface area contributed by atoms with Crippen LogP contribution in [0.1, 0.15) is 12.6 Å². The van der Waals surface area contributed by atoms with Gasteiger partial charge in [-0.15, -0.1) is 0 Å². The average Bonchev–Trinajstić information content (AvgIpc) is 2.52. The van der Waals surface area contributed by atoms with Crippen LogP contribution in [0, 0.1) is 11.3 Å². The van der Waals surface area contributed by atoms with E-state index in [4.69, 9.17) is 5.26 Å². The standard InChI is InChI=1S/C9H13N3/c1-2-11-5-7-12-6-3-4-9(12)8-10/h3-4,6,11H,2,5,7H2,1H3. The Labute approximate surface area is 72.6 Å². The van der Waals surface area contributed by atoms with Crippen molar-refractivity contribution in [2.24, 2.45) is 0 Å². The van der Waals surface area contributed by atoms with Gasteiger partial charge < -0.3 is 9.88 Å². The van der Waals surface area contributed by atoms with Crippen molar-refractivity contribution in [3.63, 3.8) is 0 Å². The van der Waals surface area contributed by atoms with Gasteiger partial charge in [-0.05, 0) is 18.7 Å². The van der Waals surface area contributed by atoms with Gasteiger partial charge in [0.05, 0.1) is 0 Å². The zero-order valence-electron chi connectivity index (χ0n) is 7.25. The van der Waals surface area contributed by atoms with Gasteiger partial charge in [-0.25, -0.2) is 0 Å². The topological polar surface area (TPSA) is 40.8 Å². The van der Waals surface area contributed by atoms with Crippen molar-refractivity contribution in [1.82, 2.24) is 9.88 Å². The van der Waals surface area contributed by atoms with Gasteiger partial charge in [-0.3, -0.25) is 0 Å². The number of aromatic nitrogens is 1. The quantitative estimate of drug-likeness (QED) is 0.672. The SMILES string of the molecule is CCNCCn1cccc1C#N. The largest absolute Gasteiger partial charge is 0.338 e. The van der Waals surface area contributed by atoms with Crippen molar-refractivity contribution < 1.29 is 0 Å². The first-order chi connectivity index (χ1) is 5.88. The smallest absolute Gasteiger partial charge is 0.120 e. The summed E-state index contributed by atoms with van der Waals surface area (Å²) in [6.07, 6.45) is 1.93. The molecule has 12 heavy (non-hydrogen) atoms. The van der Waals surface area contributed by atoms with E-state index in [0.29, 0.717) is 0 Å². The number of nitriles is 1. The van der Waals surface area contributed by atoms with E-state index in [1.165, 1.54) is 0 Å². The van der Waals surface area contributed by atoms with Gasteiger partial charge in [-0.1, -0.05) is 6.92 Å². The third-order valence-electron chi connectivity index (χ3n) is 1.72. The molecule has 0 saturated heterocycles. The fourth-order valence-corrected chi connectivity index (χ4v) is 1.09. The van der Waals surface area contributed by atoms with Crippen LogP contribution in [0.5, 0.6) is 0 Å². The van der Waals surface area contributed by atoms with E-state index in [9.17, 15) is 0 Å². The Morgan fingerprint density at radius 2 is 2.50 bits per heavy atom. The Morgan fingerprint density at radius 3 is 3.17 bits per heavy atom. The fourth-order valence-electron chi connectivity index (χ4n) is 1.09. The van der Waals surface area contributed by atoms with E-state index < -0.39 is 0 Å². The molecule has 0 atom stereocenters. The second-order valence-electron chi connectivity index (χ2n) is 2.55. The predicted octanol–water partition coefficient (Wildman–Crippen LogP) is 0.969. The van der Waals surface area contributed by atoms with Crippen LogP contribution in [0.15, 0.2) is 18.3 Å². The molecule has 3 heteroatoms. The molecular formula is C9H13N3. The van der Waals surface area contributed by atoms with Crippen molar-refractivity contribution in [1.29, 1.82) is 5.26 Å². The Hall–Kier alpha value is -1.27. The van der Waals surface area contributed by atoms with Crippen molar-refractivity contribution in [2.75, 3.05) is 13.1 Å². The first-order valence-electron chi connectivity index (χ1n) is 4.14. The van der Waals surface area contributed by atoms with Gasteiger partial charge in [-0.2, -0.15) is 5.26 Å². The molecule has 1 heterocycles. The molecule has 0 aliphatic rings. The fraction of sp³-hybridized carbons (Fsp3) is 0.444. The monoisotopic (exact) mass is 163 g/mol. The molecule has 0 radical (unpaired) electrons. The molecule has 0 amide bonds. The van der Waals surface area contributed by atoms with Crippen LogP contribution in [0.2, 0.25) is 0 Å². The van der Waals surface area contributed by atoms with Crippen LogP contribution in [-0.2, 0) is 6.54 Å². The minimum atomic E-state index is 0.730. The van der Waals surface area contributed by atoms with Gasteiger partial charge in [0.1, 0.15) is 11.8 Å². The zero-order chi connectivity index (χ0) is 8.81. The molecule has 3 nitrogen and oxygen atoms in total. The molecule has 0 saturated carbocycles. The highest BCUT2D eigenvalue weighted by Gasteiger charge is 1.96. The maximum absolute atomic E-state index is 8.67. The summed E-state index contributed by atoms with van der Waals surface area (Å²) in [7, 11) is 0. The Bertz CT molecular complexity index is 270. The van der Waals surface area contributed by atoms with Crippen LogP contribution in [0.4, 0.5) is 0 Å². The molecule has 0 unspecified atom stereocenters. The highest BCUT2D eigenvalue weighted by molar-refractivity contribution is 5.21. The summed E-state index contributed by atoms with van der Waals surface area (Å²) in [5, 5.41) is 11.9. The van der Waals surface area contributed by atoms with E-state index in [0.717, 1.165) is 25.3 Å². The number of likely N-dealkylation sites (N-methyl/N-ethyl adjacent to an activating group) is 1. The lowest BCUT2D eigenvalue weighted by Crippen LogP contribution is -2.19. The Morgan fingerprint density at radius 1 is 1.67 bits per heavy atom. The first-order valence-corrected chi connectivity index (χ1v) is 4.14. The second kappa shape index (κ2) is 4.58. The lowest BCUT2D eigenvalue weighted by Gasteiger charge is -2.04. The van der Waals surface area contributed by atoms with E-state index in [2.05, 4.69) is 18.3 Å². The van der Waals surface area contributed by atoms with Crippen LogP contribution < -0.4 is 5.32 Å². The van der Waals surface area contributed by atoms with Gasteiger partial charge in [0.2, 0.25) is 0 Å². The molecule has 0 spiro atoms. The first kappa shape index (κ1) is 8.82. The number of nitrogens with zero attached hydrogens (tertiary/aromatic N) is 2. The molecule has 1 rings (SSSR count). The summed E-state index contributed by atoms with van der Waals surface area (Å²) in [6.45, 7) is 4.83. The predicted molar refractivity (Wildman–Crippen MR) is 47.7 cm³/mol. The summed E-state index contributed by atoms with van der Waals surface area (Å²) in [5.41, 5.74) is 0.730. The summed E-state index contributed by atoms with van der Waals surface area (Å²) in [4.78, 5) is 0. The molecule has 0 bridgehead atoms. The van der Waals surface area contributed by atoms with Crippen molar-refractivity contribution in [2.45, 2.75) is 13.5 Å².